The zero-order valence-electron chi connectivity index (χ0n) is 12.7. The summed E-state index contributed by atoms with van der Waals surface area (Å²) in [7, 11) is 0. The van der Waals surface area contributed by atoms with E-state index >= 15 is 0 Å². The molecule has 20 heavy (non-hydrogen) atoms. The molecule has 0 bridgehead atoms. The molecule has 0 atom stereocenters. The second kappa shape index (κ2) is 7.74. The van der Waals surface area contributed by atoms with Gasteiger partial charge in [0, 0.05) is 11.8 Å². The Kier molecular flexibility index (Phi) is 5.67. The molecule has 1 aliphatic carbocycles. The SMILES string of the molecule is CC[C-](CCc1ccccc1)[N+](CC)=C1C=CC=CC1. The van der Waals surface area contributed by atoms with Gasteiger partial charge in [0.2, 0.25) is 0 Å². The highest BCUT2D eigenvalue weighted by molar-refractivity contribution is 5.93. The first kappa shape index (κ1) is 14.6. The summed E-state index contributed by atoms with van der Waals surface area (Å²) in [5.74, 6) is 0. The van der Waals surface area contributed by atoms with Crippen molar-refractivity contribution in [3.05, 3.63) is 66.2 Å². The molecular weight excluding hydrogens is 242 g/mol. The zero-order valence-corrected chi connectivity index (χ0v) is 12.7. The van der Waals surface area contributed by atoms with Crippen molar-refractivity contribution in [3.63, 3.8) is 0 Å². The molecule has 1 nitrogen and oxygen atoms in total. The summed E-state index contributed by atoms with van der Waals surface area (Å²) in [6.07, 6.45) is 13.2. The Bertz CT molecular complexity index is 494. The highest BCUT2D eigenvalue weighted by atomic mass is 15.0. The summed E-state index contributed by atoms with van der Waals surface area (Å²) in [6.45, 7) is 5.58. The minimum atomic E-state index is 1.05. The van der Waals surface area contributed by atoms with Gasteiger partial charge in [-0.15, -0.1) is 0 Å². The fourth-order valence-electron chi connectivity index (χ4n) is 2.77. The van der Waals surface area contributed by atoms with Crippen molar-refractivity contribution in [2.24, 2.45) is 0 Å². The topological polar surface area (TPSA) is 3.01 Å². The molecule has 1 aromatic rings. The first-order chi connectivity index (χ1) is 9.85. The number of rotatable bonds is 6. The van der Waals surface area contributed by atoms with E-state index in [0.717, 1.165) is 32.2 Å². The van der Waals surface area contributed by atoms with E-state index < -0.39 is 0 Å². The average Bonchev–Trinajstić information content (AvgIpc) is 2.53. The van der Waals surface area contributed by atoms with E-state index in [2.05, 4.69) is 73.1 Å². The normalized spacial score (nSPS) is 16.3. The predicted molar refractivity (Wildman–Crippen MR) is 87.0 cm³/mol. The zero-order chi connectivity index (χ0) is 14.2. The van der Waals surface area contributed by atoms with Crippen molar-refractivity contribution in [2.45, 2.75) is 39.5 Å². The number of aryl methyl sites for hydroxylation is 1. The first-order valence-electron chi connectivity index (χ1n) is 7.70. The molecular formula is C19H25N. The standard InChI is InChI=1S/C19H25N/c1-3-18(16-15-17-11-7-5-8-12-17)20(4-2)19-13-9-6-10-14-19/h5-13H,3-4,14-16H2,1-2H3. The third-order valence-corrected chi connectivity index (χ3v) is 3.86. The second-order valence-corrected chi connectivity index (χ2v) is 5.13. The molecule has 1 aliphatic rings. The van der Waals surface area contributed by atoms with Gasteiger partial charge >= 0.3 is 0 Å². The molecule has 0 amide bonds. The minimum absolute atomic E-state index is 1.05. The maximum Gasteiger partial charge on any atom is 0.113 e. The molecule has 106 valence electrons. The highest BCUT2D eigenvalue weighted by Crippen LogP contribution is 2.18. The van der Waals surface area contributed by atoms with Gasteiger partial charge in [0.25, 0.3) is 0 Å². The molecule has 1 aromatic carbocycles. The molecule has 0 aromatic heterocycles. The molecule has 2 rings (SSSR count). The summed E-state index contributed by atoms with van der Waals surface area (Å²) in [4.78, 5) is 0. The summed E-state index contributed by atoms with van der Waals surface area (Å²) < 4.78 is 2.50. The molecule has 0 heterocycles. The van der Waals surface area contributed by atoms with Crippen molar-refractivity contribution in [2.75, 3.05) is 6.54 Å². The van der Waals surface area contributed by atoms with E-state index in [1.54, 1.807) is 6.04 Å². The number of hydrogen-bond acceptors (Lipinski definition) is 0. The van der Waals surface area contributed by atoms with E-state index in [1.807, 2.05) is 0 Å². The molecule has 0 fully saturated rings. The van der Waals surface area contributed by atoms with Crippen molar-refractivity contribution in [3.8, 4) is 0 Å². The van der Waals surface area contributed by atoms with Crippen molar-refractivity contribution in [1.82, 2.24) is 0 Å². The fraction of sp³-hybridized carbons (Fsp3) is 0.368. The monoisotopic (exact) mass is 267 g/mol. The van der Waals surface area contributed by atoms with Crippen LogP contribution in [0, 0.1) is 6.04 Å². The van der Waals surface area contributed by atoms with Crippen LogP contribution in [0.1, 0.15) is 38.7 Å². The Morgan fingerprint density at radius 2 is 1.90 bits per heavy atom. The van der Waals surface area contributed by atoms with Crippen LogP contribution in [0.25, 0.3) is 0 Å². The molecule has 0 spiro atoms. The van der Waals surface area contributed by atoms with Gasteiger partial charge in [0.15, 0.2) is 0 Å². The van der Waals surface area contributed by atoms with Crippen molar-refractivity contribution >= 4 is 5.71 Å². The van der Waals surface area contributed by atoms with Crippen LogP contribution in [0.3, 0.4) is 0 Å². The van der Waals surface area contributed by atoms with Crippen molar-refractivity contribution < 1.29 is 4.58 Å². The van der Waals surface area contributed by atoms with Gasteiger partial charge in [-0.25, -0.2) is 0 Å². The van der Waals surface area contributed by atoms with Gasteiger partial charge in [-0.1, -0.05) is 61.6 Å². The number of benzene rings is 1. The lowest BCUT2D eigenvalue weighted by atomic mass is 10.0. The van der Waals surface area contributed by atoms with Gasteiger partial charge in [-0.3, -0.25) is 0 Å². The van der Waals surface area contributed by atoms with Crippen LogP contribution >= 0.6 is 0 Å². The third kappa shape index (κ3) is 3.86. The van der Waals surface area contributed by atoms with E-state index in [1.165, 1.54) is 11.3 Å². The van der Waals surface area contributed by atoms with Gasteiger partial charge < -0.3 is 4.58 Å². The van der Waals surface area contributed by atoms with E-state index in [0.29, 0.717) is 0 Å². The molecule has 0 unspecified atom stereocenters. The maximum absolute atomic E-state index is 2.50. The Labute approximate surface area is 123 Å². The lowest BCUT2D eigenvalue weighted by Crippen LogP contribution is -2.25. The average molecular weight is 267 g/mol. The highest BCUT2D eigenvalue weighted by Gasteiger charge is 2.12. The summed E-state index contributed by atoms with van der Waals surface area (Å²) in [5, 5.41) is 0. The molecule has 0 N–H and O–H groups in total. The van der Waals surface area contributed by atoms with Crippen LogP contribution < -0.4 is 0 Å². The number of nitrogens with zero attached hydrogens (tertiary/aromatic N) is 1. The predicted octanol–water partition coefficient (Wildman–Crippen LogP) is 4.55. The van der Waals surface area contributed by atoms with E-state index in [9.17, 15) is 0 Å². The molecule has 0 aliphatic heterocycles. The second-order valence-electron chi connectivity index (χ2n) is 5.13. The van der Waals surface area contributed by atoms with Crippen LogP contribution in [0.5, 0.6) is 0 Å². The number of hydrogen-bond donors (Lipinski definition) is 0. The summed E-state index contributed by atoms with van der Waals surface area (Å²) in [6, 6.07) is 12.3. The van der Waals surface area contributed by atoms with Gasteiger partial charge in [0.05, 0.1) is 0 Å². The Hall–Kier alpha value is -1.76. The lowest BCUT2D eigenvalue weighted by Gasteiger charge is -2.26. The third-order valence-electron chi connectivity index (χ3n) is 3.86. The number of allylic oxidation sites excluding steroid dienone is 4. The quantitative estimate of drug-likeness (QED) is 0.525. The van der Waals surface area contributed by atoms with Crippen LogP contribution in [0.15, 0.2) is 54.6 Å². The van der Waals surface area contributed by atoms with Crippen LogP contribution in [0.2, 0.25) is 0 Å². The van der Waals surface area contributed by atoms with Gasteiger partial charge in [0.1, 0.15) is 6.54 Å². The fourth-order valence-corrected chi connectivity index (χ4v) is 2.77. The Morgan fingerprint density at radius 1 is 1.10 bits per heavy atom. The molecule has 0 saturated heterocycles. The summed E-state index contributed by atoms with van der Waals surface area (Å²) in [5.41, 5.74) is 2.86. The van der Waals surface area contributed by atoms with E-state index in [4.69, 9.17) is 0 Å². The Balaban J connectivity index is 2.06. The van der Waals surface area contributed by atoms with Crippen LogP contribution in [0.4, 0.5) is 0 Å². The summed E-state index contributed by atoms with van der Waals surface area (Å²) >= 11 is 0. The molecule has 0 saturated carbocycles. The van der Waals surface area contributed by atoms with Gasteiger partial charge in [-0.05, 0) is 38.2 Å². The largest absolute Gasteiger partial charge is 0.361 e. The first-order valence-corrected chi connectivity index (χ1v) is 7.70. The van der Waals surface area contributed by atoms with Crippen LogP contribution in [-0.4, -0.2) is 16.8 Å². The van der Waals surface area contributed by atoms with E-state index in [-0.39, 0.29) is 0 Å². The maximum atomic E-state index is 2.50. The van der Waals surface area contributed by atoms with Gasteiger partial charge in [-0.2, -0.15) is 0 Å². The smallest absolute Gasteiger partial charge is 0.113 e. The molecule has 0 radical (unpaired) electrons. The molecule has 1 heteroatoms. The van der Waals surface area contributed by atoms with Crippen LogP contribution in [-0.2, 0) is 6.42 Å². The minimum Gasteiger partial charge on any atom is -0.361 e. The lowest BCUT2D eigenvalue weighted by molar-refractivity contribution is -0.514. The Morgan fingerprint density at radius 3 is 2.50 bits per heavy atom. The van der Waals surface area contributed by atoms with Crippen molar-refractivity contribution in [1.29, 1.82) is 0 Å².